The molecule has 2 aromatic carbocycles. The zero-order valence-corrected chi connectivity index (χ0v) is 14.6. The molecule has 0 aliphatic heterocycles. The number of alkyl halides is 3. The molecular formula is C19H15F3N4O2. The SMILES string of the molecule is CC(=O)N(/C=C(/C#N)C(=O)Nc1ccccc1C(F)(F)F)c1ccc(N)cc1. The molecule has 0 unspecified atom stereocenters. The van der Waals surface area contributed by atoms with Crippen LogP contribution >= 0.6 is 0 Å². The highest BCUT2D eigenvalue weighted by molar-refractivity contribution is 6.08. The highest BCUT2D eigenvalue weighted by Gasteiger charge is 2.33. The van der Waals surface area contributed by atoms with Crippen molar-refractivity contribution in [3.63, 3.8) is 0 Å². The predicted octanol–water partition coefficient (Wildman–Crippen LogP) is 3.69. The van der Waals surface area contributed by atoms with Gasteiger partial charge in [0.2, 0.25) is 5.91 Å². The fourth-order valence-corrected chi connectivity index (χ4v) is 2.28. The minimum Gasteiger partial charge on any atom is -0.399 e. The van der Waals surface area contributed by atoms with Crippen molar-refractivity contribution < 1.29 is 22.8 Å². The number of anilines is 3. The van der Waals surface area contributed by atoms with E-state index >= 15 is 0 Å². The Hall–Kier alpha value is -3.80. The molecule has 0 saturated heterocycles. The van der Waals surface area contributed by atoms with Crippen molar-refractivity contribution in [3.8, 4) is 6.07 Å². The lowest BCUT2D eigenvalue weighted by molar-refractivity contribution is -0.137. The van der Waals surface area contributed by atoms with Gasteiger partial charge < -0.3 is 11.1 Å². The molecule has 0 aromatic heterocycles. The topological polar surface area (TPSA) is 99.2 Å². The van der Waals surface area contributed by atoms with Crippen LogP contribution in [-0.4, -0.2) is 11.8 Å². The summed E-state index contributed by atoms with van der Waals surface area (Å²) in [5.41, 5.74) is 4.26. The molecule has 0 aliphatic carbocycles. The van der Waals surface area contributed by atoms with Gasteiger partial charge in [-0.1, -0.05) is 12.1 Å². The maximum atomic E-state index is 13.1. The Morgan fingerprint density at radius 1 is 1.14 bits per heavy atom. The van der Waals surface area contributed by atoms with Crippen LogP contribution in [0.15, 0.2) is 60.3 Å². The Kier molecular flexibility index (Phi) is 6.05. The second-order valence-corrected chi connectivity index (χ2v) is 5.63. The predicted molar refractivity (Wildman–Crippen MR) is 97.8 cm³/mol. The van der Waals surface area contributed by atoms with E-state index in [9.17, 15) is 28.0 Å². The van der Waals surface area contributed by atoms with Gasteiger partial charge in [-0.15, -0.1) is 0 Å². The Labute approximate surface area is 158 Å². The van der Waals surface area contributed by atoms with E-state index in [1.807, 2.05) is 0 Å². The number of nitrogens with two attached hydrogens (primary N) is 1. The van der Waals surface area contributed by atoms with Gasteiger partial charge in [0.15, 0.2) is 0 Å². The summed E-state index contributed by atoms with van der Waals surface area (Å²) in [5.74, 6) is -1.60. The standard InChI is InChI=1S/C19H15F3N4O2/c1-12(27)26(15-8-6-14(24)7-9-15)11-13(10-23)18(28)25-17-5-3-2-4-16(17)19(20,21)22/h2-9,11H,24H2,1H3,(H,25,28)/b13-11-. The van der Waals surface area contributed by atoms with Gasteiger partial charge in [-0.3, -0.25) is 14.5 Å². The maximum absolute atomic E-state index is 13.1. The van der Waals surface area contributed by atoms with Gasteiger partial charge in [0.05, 0.1) is 11.3 Å². The first-order chi connectivity index (χ1) is 13.1. The van der Waals surface area contributed by atoms with E-state index in [1.165, 1.54) is 43.3 Å². The third-order valence-corrected chi connectivity index (χ3v) is 3.61. The van der Waals surface area contributed by atoms with Gasteiger partial charge >= 0.3 is 6.18 Å². The van der Waals surface area contributed by atoms with Crippen molar-refractivity contribution >= 4 is 28.9 Å². The molecule has 0 bridgehead atoms. The van der Waals surface area contributed by atoms with Crippen LogP contribution in [-0.2, 0) is 15.8 Å². The van der Waals surface area contributed by atoms with Crippen molar-refractivity contribution in [2.75, 3.05) is 16.0 Å². The van der Waals surface area contributed by atoms with E-state index in [1.54, 1.807) is 6.07 Å². The smallest absolute Gasteiger partial charge is 0.399 e. The van der Waals surface area contributed by atoms with Crippen LogP contribution in [0, 0.1) is 11.3 Å². The van der Waals surface area contributed by atoms with Crippen LogP contribution in [0.3, 0.4) is 0 Å². The Morgan fingerprint density at radius 3 is 2.29 bits per heavy atom. The second kappa shape index (κ2) is 8.26. The third kappa shape index (κ3) is 4.88. The monoisotopic (exact) mass is 388 g/mol. The molecule has 0 fully saturated rings. The van der Waals surface area contributed by atoms with Crippen molar-refractivity contribution in [1.82, 2.24) is 0 Å². The molecule has 28 heavy (non-hydrogen) atoms. The maximum Gasteiger partial charge on any atom is 0.418 e. The fraction of sp³-hybridized carbons (Fsp3) is 0.105. The van der Waals surface area contributed by atoms with Crippen molar-refractivity contribution in [2.24, 2.45) is 0 Å². The zero-order valence-electron chi connectivity index (χ0n) is 14.6. The molecule has 6 nitrogen and oxygen atoms in total. The zero-order chi connectivity index (χ0) is 20.9. The number of amides is 2. The van der Waals surface area contributed by atoms with E-state index in [4.69, 9.17) is 5.73 Å². The first kappa shape index (κ1) is 20.5. The summed E-state index contributed by atoms with van der Waals surface area (Å²) >= 11 is 0. The molecule has 144 valence electrons. The number of para-hydroxylation sites is 1. The molecule has 0 spiro atoms. The molecule has 2 amide bonds. The largest absolute Gasteiger partial charge is 0.418 e. The molecule has 0 radical (unpaired) electrons. The highest BCUT2D eigenvalue weighted by atomic mass is 19.4. The average Bonchev–Trinajstić information content (AvgIpc) is 2.63. The second-order valence-electron chi connectivity index (χ2n) is 5.63. The van der Waals surface area contributed by atoms with Gasteiger partial charge in [0, 0.05) is 24.5 Å². The van der Waals surface area contributed by atoms with Crippen LogP contribution in [0.25, 0.3) is 0 Å². The molecule has 0 saturated carbocycles. The molecule has 3 N–H and O–H groups in total. The lowest BCUT2D eigenvalue weighted by atomic mass is 10.1. The Balaban J connectivity index is 2.36. The van der Waals surface area contributed by atoms with Crippen molar-refractivity contribution in [2.45, 2.75) is 13.1 Å². The van der Waals surface area contributed by atoms with Crippen molar-refractivity contribution in [1.29, 1.82) is 5.26 Å². The molecule has 0 heterocycles. The molecule has 2 rings (SSSR count). The number of carbonyl (C=O) groups is 2. The first-order valence-electron chi connectivity index (χ1n) is 7.88. The minimum atomic E-state index is -4.68. The summed E-state index contributed by atoms with van der Waals surface area (Å²) in [5, 5.41) is 11.3. The molecule has 9 heteroatoms. The van der Waals surface area contributed by atoms with Gasteiger partial charge in [-0.05, 0) is 36.4 Å². The summed E-state index contributed by atoms with van der Waals surface area (Å²) in [6, 6.07) is 12.0. The van der Waals surface area contributed by atoms with Gasteiger partial charge in [-0.25, -0.2) is 0 Å². The summed E-state index contributed by atoms with van der Waals surface area (Å²) in [6.45, 7) is 1.21. The number of hydrogen-bond donors (Lipinski definition) is 2. The quantitative estimate of drug-likeness (QED) is 0.474. The normalized spacial score (nSPS) is 11.5. The number of nitrogen functional groups attached to an aromatic ring is 1. The third-order valence-electron chi connectivity index (χ3n) is 3.61. The van der Waals surface area contributed by atoms with Crippen molar-refractivity contribution in [3.05, 3.63) is 65.9 Å². The summed E-state index contributed by atoms with van der Waals surface area (Å²) in [7, 11) is 0. The van der Waals surface area contributed by atoms with Gasteiger partial charge in [0.25, 0.3) is 5.91 Å². The Morgan fingerprint density at radius 2 is 1.75 bits per heavy atom. The van der Waals surface area contributed by atoms with Crippen LogP contribution in [0.4, 0.5) is 30.2 Å². The number of nitrogens with one attached hydrogen (secondary N) is 1. The summed E-state index contributed by atoms with van der Waals surface area (Å²) in [6.07, 6.45) is -3.73. The molecular weight excluding hydrogens is 373 g/mol. The summed E-state index contributed by atoms with van der Waals surface area (Å²) < 4.78 is 39.2. The van der Waals surface area contributed by atoms with E-state index < -0.39 is 34.8 Å². The van der Waals surface area contributed by atoms with E-state index in [0.717, 1.165) is 23.2 Å². The number of benzene rings is 2. The minimum absolute atomic E-state index is 0.331. The Bertz CT molecular complexity index is 960. The lowest BCUT2D eigenvalue weighted by Crippen LogP contribution is -2.25. The highest BCUT2D eigenvalue weighted by Crippen LogP contribution is 2.34. The van der Waals surface area contributed by atoms with Gasteiger partial charge in [-0.2, -0.15) is 18.4 Å². The van der Waals surface area contributed by atoms with Gasteiger partial charge in [0.1, 0.15) is 11.6 Å². The van der Waals surface area contributed by atoms with Crippen LogP contribution in [0.5, 0.6) is 0 Å². The first-order valence-corrected chi connectivity index (χ1v) is 7.88. The number of hydrogen-bond acceptors (Lipinski definition) is 4. The van der Waals surface area contributed by atoms with E-state index in [-0.39, 0.29) is 0 Å². The van der Waals surface area contributed by atoms with E-state index in [0.29, 0.717) is 11.4 Å². The van der Waals surface area contributed by atoms with Crippen LogP contribution in [0.1, 0.15) is 12.5 Å². The van der Waals surface area contributed by atoms with Crippen LogP contribution in [0.2, 0.25) is 0 Å². The number of nitrogens with zero attached hydrogens (tertiary/aromatic N) is 2. The molecule has 2 aromatic rings. The van der Waals surface area contributed by atoms with Crippen LogP contribution < -0.4 is 16.0 Å². The lowest BCUT2D eigenvalue weighted by Gasteiger charge is -2.18. The summed E-state index contributed by atoms with van der Waals surface area (Å²) in [4.78, 5) is 25.3. The fourth-order valence-electron chi connectivity index (χ4n) is 2.28. The molecule has 0 aliphatic rings. The number of nitriles is 1. The number of halogens is 3. The number of rotatable bonds is 4. The average molecular weight is 388 g/mol. The van der Waals surface area contributed by atoms with E-state index in [2.05, 4.69) is 5.32 Å². The number of carbonyl (C=O) groups excluding carboxylic acids is 2. The molecule has 0 atom stereocenters.